The number of esters is 1. The average molecular weight is 288 g/mol. The summed E-state index contributed by atoms with van der Waals surface area (Å²) in [4.78, 5) is 11.5. The summed E-state index contributed by atoms with van der Waals surface area (Å²) in [6.45, 7) is 4.35. The Morgan fingerprint density at radius 2 is 2.00 bits per heavy atom. The lowest BCUT2D eigenvalue weighted by Gasteiger charge is -2.09. The van der Waals surface area contributed by atoms with Crippen LogP contribution in [0.1, 0.15) is 45.1 Å². The zero-order chi connectivity index (χ0) is 15.1. The molecule has 114 valence electrons. The summed E-state index contributed by atoms with van der Waals surface area (Å²) in [5.41, 5.74) is 1.07. The predicted octanol–water partition coefficient (Wildman–Crippen LogP) is 4.22. The van der Waals surface area contributed by atoms with Crippen molar-refractivity contribution < 1.29 is 14.3 Å². The van der Waals surface area contributed by atoms with Gasteiger partial charge in [0.05, 0.1) is 6.10 Å². The molecule has 0 aromatic heterocycles. The molecule has 0 N–H and O–H groups in total. The molecule has 1 aliphatic carbocycles. The van der Waals surface area contributed by atoms with Crippen molar-refractivity contribution in [3.05, 3.63) is 35.9 Å². The molecule has 1 fully saturated rings. The van der Waals surface area contributed by atoms with Gasteiger partial charge in [-0.2, -0.15) is 0 Å². The highest BCUT2D eigenvalue weighted by Crippen LogP contribution is 2.33. The van der Waals surface area contributed by atoms with Gasteiger partial charge in [0.1, 0.15) is 12.4 Å². The maximum Gasteiger partial charge on any atom is 0.306 e. The number of ether oxygens (including phenoxy) is 2. The normalized spacial score (nSPS) is 14.6. The molecule has 0 atom stereocenters. The van der Waals surface area contributed by atoms with Gasteiger partial charge in [0, 0.05) is 6.42 Å². The van der Waals surface area contributed by atoms with Crippen LogP contribution in [0.15, 0.2) is 30.3 Å². The zero-order valence-corrected chi connectivity index (χ0v) is 12.9. The largest absolute Gasteiger partial charge is 0.491 e. The van der Waals surface area contributed by atoms with Crippen LogP contribution in [-0.4, -0.2) is 18.7 Å². The summed E-state index contributed by atoms with van der Waals surface area (Å²) in [5.74, 6) is 1.56. The van der Waals surface area contributed by atoms with Gasteiger partial charge in [-0.05, 0) is 50.0 Å². The second-order valence-electron chi connectivity index (χ2n) is 5.80. The van der Waals surface area contributed by atoms with Crippen molar-refractivity contribution in [3.8, 4) is 5.75 Å². The van der Waals surface area contributed by atoms with Crippen LogP contribution in [0.4, 0.5) is 0 Å². The fraction of sp³-hybridized carbons (Fsp3) is 0.500. The first kappa shape index (κ1) is 15.6. The second-order valence-corrected chi connectivity index (χ2v) is 5.80. The van der Waals surface area contributed by atoms with Crippen LogP contribution < -0.4 is 4.74 Å². The first-order valence-corrected chi connectivity index (χ1v) is 7.72. The van der Waals surface area contributed by atoms with E-state index in [4.69, 9.17) is 9.47 Å². The smallest absolute Gasteiger partial charge is 0.306 e. The Hall–Kier alpha value is -1.77. The van der Waals surface area contributed by atoms with Gasteiger partial charge in [-0.15, -0.1) is 0 Å². The van der Waals surface area contributed by atoms with Crippen molar-refractivity contribution in [1.29, 1.82) is 0 Å². The monoisotopic (exact) mass is 288 g/mol. The molecule has 21 heavy (non-hydrogen) atoms. The molecule has 0 heterocycles. The Kier molecular flexibility index (Phi) is 5.85. The molecular formula is C18H24O3. The van der Waals surface area contributed by atoms with Gasteiger partial charge in [0.25, 0.3) is 0 Å². The quantitative estimate of drug-likeness (QED) is 0.672. The summed E-state index contributed by atoms with van der Waals surface area (Å²) in [7, 11) is 0. The Balaban J connectivity index is 1.66. The highest BCUT2D eigenvalue weighted by molar-refractivity contribution is 5.69. The van der Waals surface area contributed by atoms with Crippen LogP contribution >= 0.6 is 0 Å². The number of carbonyl (C=O) groups excluding carboxylic acids is 1. The highest BCUT2D eigenvalue weighted by atomic mass is 16.5. The third-order valence-electron chi connectivity index (χ3n) is 3.36. The predicted molar refractivity (Wildman–Crippen MR) is 84.2 cm³/mol. The van der Waals surface area contributed by atoms with E-state index in [1.807, 2.05) is 50.3 Å². The van der Waals surface area contributed by atoms with Gasteiger partial charge >= 0.3 is 5.97 Å². The molecule has 0 bridgehead atoms. The molecule has 1 saturated carbocycles. The second kappa shape index (κ2) is 7.87. The first-order chi connectivity index (χ1) is 10.1. The first-order valence-electron chi connectivity index (χ1n) is 7.72. The Morgan fingerprint density at radius 1 is 1.29 bits per heavy atom. The van der Waals surface area contributed by atoms with Gasteiger partial charge in [-0.25, -0.2) is 0 Å². The van der Waals surface area contributed by atoms with E-state index in [1.165, 1.54) is 12.8 Å². The molecule has 1 aromatic rings. The van der Waals surface area contributed by atoms with E-state index in [0.29, 0.717) is 13.0 Å². The molecule has 0 aliphatic heterocycles. The lowest BCUT2D eigenvalue weighted by atomic mass is 10.2. The minimum atomic E-state index is -0.0905. The summed E-state index contributed by atoms with van der Waals surface area (Å²) < 4.78 is 10.8. The zero-order valence-electron chi connectivity index (χ0n) is 12.9. The Bertz CT molecular complexity index is 470. The van der Waals surface area contributed by atoms with Crippen molar-refractivity contribution in [2.75, 3.05) is 6.61 Å². The average Bonchev–Trinajstić information content (AvgIpc) is 3.27. The van der Waals surface area contributed by atoms with Crippen LogP contribution in [0.5, 0.6) is 5.75 Å². The molecule has 2 rings (SSSR count). The van der Waals surface area contributed by atoms with Gasteiger partial charge in [-0.3, -0.25) is 4.79 Å². The number of hydrogen-bond donors (Lipinski definition) is 0. The number of benzene rings is 1. The SMILES string of the molecule is CC(C)Oc1ccc(C=CCOC(=O)CCC2CC2)cc1. The number of carbonyl (C=O) groups is 1. The lowest BCUT2D eigenvalue weighted by Crippen LogP contribution is -2.05. The van der Waals surface area contributed by atoms with E-state index in [1.54, 1.807) is 0 Å². The summed E-state index contributed by atoms with van der Waals surface area (Å²) in [5, 5.41) is 0. The van der Waals surface area contributed by atoms with Gasteiger partial charge < -0.3 is 9.47 Å². The maximum absolute atomic E-state index is 11.5. The molecule has 0 spiro atoms. The van der Waals surface area contributed by atoms with E-state index in [2.05, 4.69) is 0 Å². The van der Waals surface area contributed by atoms with Crippen LogP contribution in [0.3, 0.4) is 0 Å². The number of hydrogen-bond acceptors (Lipinski definition) is 3. The van der Waals surface area contributed by atoms with Crippen molar-refractivity contribution >= 4 is 12.0 Å². The van der Waals surface area contributed by atoms with E-state index in [9.17, 15) is 4.79 Å². The summed E-state index contributed by atoms with van der Waals surface area (Å²) >= 11 is 0. The minimum Gasteiger partial charge on any atom is -0.491 e. The summed E-state index contributed by atoms with van der Waals surface area (Å²) in [6.07, 6.45) is 8.11. The Labute approximate surface area is 127 Å². The van der Waals surface area contributed by atoms with Gasteiger partial charge in [0.15, 0.2) is 0 Å². The number of rotatable bonds is 8. The highest BCUT2D eigenvalue weighted by Gasteiger charge is 2.21. The molecule has 0 radical (unpaired) electrons. The van der Waals surface area contributed by atoms with Gasteiger partial charge in [0.2, 0.25) is 0 Å². The third-order valence-corrected chi connectivity index (χ3v) is 3.36. The maximum atomic E-state index is 11.5. The van der Waals surface area contributed by atoms with Crippen molar-refractivity contribution in [2.24, 2.45) is 5.92 Å². The van der Waals surface area contributed by atoms with Crippen LogP contribution in [0.25, 0.3) is 6.08 Å². The van der Waals surface area contributed by atoms with Crippen molar-refractivity contribution in [1.82, 2.24) is 0 Å². The molecule has 3 heteroatoms. The molecular weight excluding hydrogens is 264 g/mol. The van der Waals surface area contributed by atoms with Crippen molar-refractivity contribution in [2.45, 2.75) is 45.6 Å². The van der Waals surface area contributed by atoms with Crippen LogP contribution in [0, 0.1) is 5.92 Å². The van der Waals surface area contributed by atoms with E-state index in [0.717, 1.165) is 23.7 Å². The van der Waals surface area contributed by atoms with Crippen LogP contribution in [0.2, 0.25) is 0 Å². The molecule has 0 amide bonds. The summed E-state index contributed by atoms with van der Waals surface area (Å²) in [6, 6.07) is 7.87. The fourth-order valence-corrected chi connectivity index (χ4v) is 2.06. The molecule has 0 unspecified atom stereocenters. The minimum absolute atomic E-state index is 0.0905. The third kappa shape index (κ3) is 6.48. The van der Waals surface area contributed by atoms with Gasteiger partial charge in [-0.1, -0.05) is 31.1 Å². The van der Waals surface area contributed by atoms with E-state index < -0.39 is 0 Å². The van der Waals surface area contributed by atoms with Crippen molar-refractivity contribution in [3.63, 3.8) is 0 Å². The molecule has 0 saturated heterocycles. The van der Waals surface area contributed by atoms with E-state index >= 15 is 0 Å². The standard InChI is InChI=1S/C18H24O3/c1-14(2)21-17-10-7-15(8-11-17)4-3-13-20-18(19)12-9-16-5-6-16/h3-4,7-8,10-11,14,16H,5-6,9,12-13H2,1-2H3. The van der Waals surface area contributed by atoms with Crippen LogP contribution in [-0.2, 0) is 9.53 Å². The topological polar surface area (TPSA) is 35.5 Å². The van der Waals surface area contributed by atoms with E-state index in [-0.39, 0.29) is 12.1 Å². The fourth-order valence-electron chi connectivity index (χ4n) is 2.06. The Morgan fingerprint density at radius 3 is 2.62 bits per heavy atom. The molecule has 3 nitrogen and oxygen atoms in total. The molecule has 1 aliphatic rings. The lowest BCUT2D eigenvalue weighted by molar-refractivity contribution is -0.142. The molecule has 1 aromatic carbocycles.